The van der Waals surface area contributed by atoms with Crippen molar-refractivity contribution in [3.05, 3.63) is 24.3 Å². The minimum atomic E-state index is 0.844. The summed E-state index contributed by atoms with van der Waals surface area (Å²) in [6, 6.07) is 1.85. The predicted octanol–water partition coefficient (Wildman–Crippen LogP) is 0.908. The third kappa shape index (κ3) is 4.85. The minimum absolute atomic E-state index is 0.844. The molecule has 4 nitrogen and oxygen atoms in total. The molecule has 0 aliphatic carbocycles. The molecule has 0 aliphatic rings. The van der Waals surface area contributed by atoms with Crippen LogP contribution in [0.25, 0.3) is 0 Å². The lowest BCUT2D eigenvalue weighted by molar-refractivity contribution is 0.261. The highest BCUT2D eigenvalue weighted by Crippen LogP contribution is 1.98. The summed E-state index contributed by atoms with van der Waals surface area (Å²) in [6.45, 7) is 6.18. The van der Waals surface area contributed by atoms with Gasteiger partial charge in [-0.3, -0.25) is 4.90 Å². The molecule has 0 aromatic carbocycles. The van der Waals surface area contributed by atoms with Gasteiger partial charge >= 0.3 is 0 Å². The first-order valence-corrected chi connectivity index (χ1v) is 5.49. The van der Waals surface area contributed by atoms with E-state index in [0.29, 0.717) is 0 Å². The molecule has 84 valence electrons. The lowest BCUT2D eigenvalue weighted by atomic mass is 10.3. The molecule has 1 aromatic heterocycles. The fourth-order valence-electron chi connectivity index (χ4n) is 1.47. The number of nitrogens with one attached hydrogen (secondary N) is 1. The van der Waals surface area contributed by atoms with E-state index in [2.05, 4.69) is 27.1 Å². The Labute approximate surface area is 91.7 Å². The minimum Gasteiger partial charge on any atom is -0.318 e. The second-order valence-corrected chi connectivity index (χ2v) is 3.54. The lowest BCUT2D eigenvalue weighted by Crippen LogP contribution is -2.31. The molecular weight excluding hydrogens is 188 g/mol. The van der Waals surface area contributed by atoms with E-state index in [9.17, 15) is 0 Å². The zero-order chi connectivity index (χ0) is 10.9. The first-order valence-electron chi connectivity index (χ1n) is 5.49. The number of aromatic nitrogens is 2. The van der Waals surface area contributed by atoms with Gasteiger partial charge in [-0.1, -0.05) is 6.92 Å². The van der Waals surface area contributed by atoms with Crippen molar-refractivity contribution in [2.45, 2.75) is 19.9 Å². The summed E-state index contributed by atoms with van der Waals surface area (Å²) in [5.41, 5.74) is 0. The zero-order valence-electron chi connectivity index (χ0n) is 9.61. The van der Waals surface area contributed by atoms with Gasteiger partial charge in [-0.05, 0) is 26.1 Å². The molecule has 1 rings (SSSR count). The standard InChI is InChI=1S/C11H20N4/c1-3-8-15(9-7-12-2)10-11-13-5-4-6-14-11/h4-6,12H,3,7-10H2,1-2H3. The Morgan fingerprint density at radius 2 is 2.00 bits per heavy atom. The van der Waals surface area contributed by atoms with E-state index in [4.69, 9.17) is 0 Å². The Hall–Kier alpha value is -1.00. The Bertz CT molecular complexity index is 250. The van der Waals surface area contributed by atoms with Crippen molar-refractivity contribution in [3.8, 4) is 0 Å². The highest BCUT2D eigenvalue weighted by molar-refractivity contribution is 4.88. The molecule has 0 saturated carbocycles. The van der Waals surface area contributed by atoms with E-state index in [-0.39, 0.29) is 0 Å². The largest absolute Gasteiger partial charge is 0.318 e. The summed E-state index contributed by atoms with van der Waals surface area (Å²) >= 11 is 0. The summed E-state index contributed by atoms with van der Waals surface area (Å²) in [4.78, 5) is 10.8. The highest BCUT2D eigenvalue weighted by Gasteiger charge is 2.05. The van der Waals surface area contributed by atoms with Crippen molar-refractivity contribution in [1.29, 1.82) is 0 Å². The maximum Gasteiger partial charge on any atom is 0.142 e. The van der Waals surface area contributed by atoms with Crippen molar-refractivity contribution in [2.75, 3.05) is 26.7 Å². The van der Waals surface area contributed by atoms with Gasteiger partial charge in [-0.2, -0.15) is 0 Å². The summed E-state index contributed by atoms with van der Waals surface area (Å²) in [5, 5.41) is 3.16. The Morgan fingerprint density at radius 3 is 2.60 bits per heavy atom. The number of hydrogen-bond donors (Lipinski definition) is 1. The maximum absolute atomic E-state index is 4.24. The van der Waals surface area contributed by atoms with Crippen LogP contribution in [-0.4, -0.2) is 41.5 Å². The third-order valence-electron chi connectivity index (χ3n) is 2.20. The smallest absolute Gasteiger partial charge is 0.142 e. The average molecular weight is 208 g/mol. The van der Waals surface area contributed by atoms with Crippen molar-refractivity contribution in [1.82, 2.24) is 20.2 Å². The Balaban J connectivity index is 2.43. The van der Waals surface area contributed by atoms with E-state index in [1.807, 2.05) is 13.1 Å². The second kappa shape index (κ2) is 7.31. The quantitative estimate of drug-likeness (QED) is 0.723. The SMILES string of the molecule is CCCN(CCNC)Cc1ncccn1. The van der Waals surface area contributed by atoms with Crippen molar-refractivity contribution < 1.29 is 0 Å². The molecular formula is C11H20N4. The van der Waals surface area contributed by atoms with E-state index in [1.165, 1.54) is 0 Å². The van der Waals surface area contributed by atoms with E-state index in [1.54, 1.807) is 12.4 Å². The van der Waals surface area contributed by atoms with Crippen LogP contribution in [0, 0.1) is 0 Å². The van der Waals surface area contributed by atoms with Crippen LogP contribution in [0.4, 0.5) is 0 Å². The number of likely N-dealkylation sites (N-methyl/N-ethyl adjacent to an activating group) is 1. The molecule has 0 fully saturated rings. The molecule has 1 N–H and O–H groups in total. The molecule has 0 saturated heterocycles. The Morgan fingerprint density at radius 1 is 1.27 bits per heavy atom. The van der Waals surface area contributed by atoms with Gasteiger partial charge in [0.15, 0.2) is 0 Å². The van der Waals surface area contributed by atoms with Gasteiger partial charge in [-0.25, -0.2) is 9.97 Å². The maximum atomic E-state index is 4.24. The molecule has 0 atom stereocenters. The second-order valence-electron chi connectivity index (χ2n) is 3.54. The molecule has 0 unspecified atom stereocenters. The van der Waals surface area contributed by atoms with Crippen LogP contribution in [-0.2, 0) is 6.54 Å². The van der Waals surface area contributed by atoms with Gasteiger partial charge in [-0.15, -0.1) is 0 Å². The molecule has 0 spiro atoms. The highest BCUT2D eigenvalue weighted by atomic mass is 15.2. The third-order valence-corrected chi connectivity index (χ3v) is 2.20. The van der Waals surface area contributed by atoms with Crippen LogP contribution in [0.15, 0.2) is 18.5 Å². The normalized spacial score (nSPS) is 10.9. The van der Waals surface area contributed by atoms with Crippen LogP contribution in [0.1, 0.15) is 19.2 Å². The molecule has 0 bridgehead atoms. The van der Waals surface area contributed by atoms with Crippen LogP contribution < -0.4 is 5.32 Å². The monoisotopic (exact) mass is 208 g/mol. The lowest BCUT2D eigenvalue weighted by Gasteiger charge is -2.20. The summed E-state index contributed by atoms with van der Waals surface area (Å²) in [5.74, 6) is 0.905. The van der Waals surface area contributed by atoms with Gasteiger partial charge < -0.3 is 5.32 Å². The van der Waals surface area contributed by atoms with Gasteiger partial charge in [0.05, 0.1) is 6.54 Å². The van der Waals surface area contributed by atoms with Crippen molar-refractivity contribution in [3.63, 3.8) is 0 Å². The van der Waals surface area contributed by atoms with Crippen molar-refractivity contribution in [2.24, 2.45) is 0 Å². The van der Waals surface area contributed by atoms with Crippen LogP contribution in [0.5, 0.6) is 0 Å². The molecule has 1 heterocycles. The molecule has 15 heavy (non-hydrogen) atoms. The fourth-order valence-corrected chi connectivity index (χ4v) is 1.47. The van der Waals surface area contributed by atoms with Gasteiger partial charge in [0.1, 0.15) is 5.82 Å². The fraction of sp³-hybridized carbons (Fsp3) is 0.636. The average Bonchev–Trinajstić information content (AvgIpc) is 2.28. The number of nitrogens with zero attached hydrogens (tertiary/aromatic N) is 3. The van der Waals surface area contributed by atoms with Gasteiger partial charge in [0.25, 0.3) is 0 Å². The summed E-state index contributed by atoms with van der Waals surface area (Å²) in [6.07, 6.45) is 4.76. The Kier molecular flexibility index (Phi) is 5.88. The molecule has 1 aromatic rings. The number of rotatable bonds is 7. The van der Waals surface area contributed by atoms with E-state index in [0.717, 1.165) is 38.4 Å². The van der Waals surface area contributed by atoms with Crippen LogP contribution >= 0.6 is 0 Å². The first kappa shape index (κ1) is 12.1. The topological polar surface area (TPSA) is 41.0 Å². The number of hydrogen-bond acceptors (Lipinski definition) is 4. The zero-order valence-corrected chi connectivity index (χ0v) is 9.61. The van der Waals surface area contributed by atoms with Crippen molar-refractivity contribution >= 4 is 0 Å². The van der Waals surface area contributed by atoms with E-state index >= 15 is 0 Å². The van der Waals surface area contributed by atoms with Crippen LogP contribution in [0.2, 0.25) is 0 Å². The molecule has 4 heteroatoms. The van der Waals surface area contributed by atoms with Crippen LogP contribution in [0.3, 0.4) is 0 Å². The summed E-state index contributed by atoms with van der Waals surface area (Å²) < 4.78 is 0. The van der Waals surface area contributed by atoms with E-state index < -0.39 is 0 Å². The first-order chi connectivity index (χ1) is 7.36. The molecule has 0 aliphatic heterocycles. The predicted molar refractivity (Wildman–Crippen MR) is 61.5 cm³/mol. The molecule has 0 amide bonds. The summed E-state index contributed by atoms with van der Waals surface area (Å²) in [7, 11) is 1.98. The molecule has 0 radical (unpaired) electrons. The van der Waals surface area contributed by atoms with Gasteiger partial charge in [0.2, 0.25) is 0 Å². The van der Waals surface area contributed by atoms with Gasteiger partial charge in [0, 0.05) is 25.5 Å².